The second-order valence-electron chi connectivity index (χ2n) is 8.91. The van der Waals surface area contributed by atoms with E-state index >= 15 is 0 Å². The molecule has 0 fully saturated rings. The van der Waals surface area contributed by atoms with E-state index in [0.717, 1.165) is 12.8 Å². The predicted octanol–water partition coefficient (Wildman–Crippen LogP) is 2.69. The summed E-state index contributed by atoms with van der Waals surface area (Å²) in [5.41, 5.74) is 6.16. The number of hydrogen-bond acceptors (Lipinski definition) is 0. The normalized spacial score (nSPS) is 14.0. The van der Waals surface area contributed by atoms with Gasteiger partial charge in [0.05, 0.1) is 0 Å². The second kappa shape index (κ2) is 14.8. The van der Waals surface area contributed by atoms with Crippen LogP contribution in [0.3, 0.4) is 0 Å². The zero-order chi connectivity index (χ0) is 22.2. The Labute approximate surface area is 225 Å². The maximum atomic E-state index is 2.46. The predicted molar refractivity (Wildman–Crippen MR) is 137 cm³/mol. The van der Waals surface area contributed by atoms with Gasteiger partial charge in [-0.2, -0.15) is 0 Å². The molecule has 0 nitrogen and oxygen atoms in total. The van der Waals surface area contributed by atoms with E-state index in [9.17, 15) is 0 Å². The standard InChI is InChI=1S/C13H10.2C9H13.2ClH.Ti/c1-3-7-12(8-4-1)11-13-9-5-2-6-10-13;2*1-2-3-6-9-7-4-5-8-9;;;/h1-10H;2*4,7H,2-3,5-6H2,1H3;2*1H;/q;;;;;+2/p-2. The van der Waals surface area contributed by atoms with Crippen LogP contribution in [-0.2, 0) is 17.4 Å². The molecule has 3 heteroatoms. The van der Waals surface area contributed by atoms with E-state index in [1.165, 1.54) is 49.7 Å². The van der Waals surface area contributed by atoms with Gasteiger partial charge in [0.25, 0.3) is 0 Å². The van der Waals surface area contributed by atoms with E-state index in [4.69, 9.17) is 0 Å². The van der Waals surface area contributed by atoms with Crippen LogP contribution in [0.25, 0.3) is 0 Å². The van der Waals surface area contributed by atoms with Crippen molar-refractivity contribution in [2.45, 2.75) is 65.2 Å². The monoisotopic (exact) mass is 526 g/mol. The van der Waals surface area contributed by atoms with Crippen molar-refractivity contribution in [3.05, 3.63) is 115 Å². The minimum atomic E-state index is -1.94. The fraction of sp³-hybridized carbons (Fsp3) is 0.323. The summed E-state index contributed by atoms with van der Waals surface area (Å²) >= 11 is -1.94. The summed E-state index contributed by atoms with van der Waals surface area (Å²) < 4.78 is 5.24. The van der Waals surface area contributed by atoms with E-state index in [0.29, 0.717) is 0 Å². The molecule has 0 aliphatic heterocycles. The number of allylic oxidation sites excluding steroid dienone is 8. The van der Waals surface area contributed by atoms with Crippen molar-refractivity contribution in [1.82, 2.24) is 0 Å². The van der Waals surface area contributed by atoms with Crippen molar-refractivity contribution in [2.24, 2.45) is 0 Å². The van der Waals surface area contributed by atoms with Gasteiger partial charge in [-0.1, -0.05) is 0 Å². The Morgan fingerprint density at radius 1 is 0.647 bits per heavy atom. The molecule has 178 valence electrons. The van der Waals surface area contributed by atoms with Crippen molar-refractivity contribution in [3.8, 4) is 0 Å². The molecule has 0 saturated carbocycles. The molecule has 34 heavy (non-hydrogen) atoms. The van der Waals surface area contributed by atoms with Gasteiger partial charge < -0.3 is 24.8 Å². The average molecular weight is 527 g/mol. The van der Waals surface area contributed by atoms with Crippen LogP contribution in [0.2, 0.25) is 0 Å². The van der Waals surface area contributed by atoms with Gasteiger partial charge in [-0.15, -0.1) is 0 Å². The number of halogens is 2. The first-order valence-electron chi connectivity index (χ1n) is 12.5. The molecule has 0 amide bonds. The van der Waals surface area contributed by atoms with E-state index in [2.05, 4.69) is 98.8 Å². The van der Waals surface area contributed by atoms with Crippen LogP contribution in [0.5, 0.6) is 0 Å². The van der Waals surface area contributed by atoms with Gasteiger partial charge in [0.1, 0.15) is 0 Å². The van der Waals surface area contributed by atoms with Crippen molar-refractivity contribution in [2.75, 3.05) is 0 Å². The molecule has 0 heterocycles. The number of rotatable bonds is 10. The number of hydrogen-bond donors (Lipinski definition) is 0. The first kappa shape index (κ1) is 28.8. The number of benzene rings is 2. The van der Waals surface area contributed by atoms with Crippen molar-refractivity contribution < 1.29 is 42.2 Å². The van der Waals surface area contributed by atoms with Crippen molar-refractivity contribution in [1.29, 1.82) is 0 Å². The molecule has 0 saturated heterocycles. The Morgan fingerprint density at radius 2 is 1.06 bits per heavy atom. The smallest absolute Gasteiger partial charge is 1.00 e. The summed E-state index contributed by atoms with van der Waals surface area (Å²) in [7, 11) is 0. The molecule has 2 aliphatic rings. The molecule has 0 radical (unpaired) electrons. The molecule has 2 aromatic carbocycles. The maximum absolute atomic E-state index is 2.46. The summed E-state index contributed by atoms with van der Waals surface area (Å²) in [6, 6.07) is 22.5. The van der Waals surface area contributed by atoms with E-state index < -0.39 is 17.4 Å². The van der Waals surface area contributed by atoms with Gasteiger partial charge in [-0.25, -0.2) is 0 Å². The number of unbranched alkanes of at least 4 members (excludes halogenated alkanes) is 2. The second-order valence-corrected chi connectivity index (χ2v) is 12.7. The average Bonchev–Trinajstić information content (AvgIpc) is 3.50. The quantitative estimate of drug-likeness (QED) is 0.417. The SMILES string of the molecule is CCCCC1=[C]([Ti+2]([C]2=C(CCCC)C=CC2)=[C](c2ccccc2)c2ccccc2)CC=C1.[Cl-].[Cl-]. The minimum absolute atomic E-state index is 0. The Morgan fingerprint density at radius 3 is 1.44 bits per heavy atom. The van der Waals surface area contributed by atoms with Crippen LogP contribution < -0.4 is 24.8 Å². The summed E-state index contributed by atoms with van der Waals surface area (Å²) in [4.78, 5) is 0. The molecule has 2 aromatic rings. The van der Waals surface area contributed by atoms with Gasteiger partial charge in [0.15, 0.2) is 0 Å². The van der Waals surface area contributed by atoms with Crippen LogP contribution in [0.1, 0.15) is 76.3 Å². The third-order valence-corrected chi connectivity index (χ3v) is 11.8. The summed E-state index contributed by atoms with van der Waals surface area (Å²) in [6.07, 6.45) is 19.7. The molecule has 0 unspecified atom stereocenters. The van der Waals surface area contributed by atoms with Crippen LogP contribution in [-0.4, -0.2) is 3.81 Å². The molecule has 0 atom stereocenters. The topological polar surface area (TPSA) is 0 Å². The molecular formula is C31H36Cl2Ti. The summed E-state index contributed by atoms with van der Waals surface area (Å²) in [6.45, 7) is 4.63. The van der Waals surface area contributed by atoms with Crippen LogP contribution in [0.15, 0.2) is 104 Å². The zero-order valence-corrected chi connectivity index (χ0v) is 23.6. The van der Waals surface area contributed by atoms with E-state index in [-0.39, 0.29) is 24.8 Å². The first-order chi connectivity index (χ1) is 15.8. The third kappa shape index (κ3) is 6.82. The largest absolute Gasteiger partial charge is 1.00 e. The molecule has 0 bridgehead atoms. The van der Waals surface area contributed by atoms with Crippen LogP contribution in [0, 0.1) is 0 Å². The van der Waals surface area contributed by atoms with Crippen LogP contribution >= 0.6 is 0 Å². The van der Waals surface area contributed by atoms with E-state index in [1.54, 1.807) is 22.7 Å². The fourth-order valence-electron chi connectivity index (χ4n) is 4.98. The van der Waals surface area contributed by atoms with Gasteiger partial charge in [-0.05, 0) is 0 Å². The maximum Gasteiger partial charge on any atom is -1.00 e. The molecule has 4 rings (SSSR count). The molecule has 0 spiro atoms. The van der Waals surface area contributed by atoms with Crippen molar-refractivity contribution >= 4 is 3.81 Å². The Balaban J connectivity index is 0.00000204. The van der Waals surface area contributed by atoms with Gasteiger partial charge in [0.2, 0.25) is 0 Å². The Kier molecular flexibility index (Phi) is 12.6. The Bertz CT molecular complexity index is 987. The summed E-state index contributed by atoms with van der Waals surface area (Å²) in [5.74, 6) is 0. The van der Waals surface area contributed by atoms with Gasteiger partial charge in [0, 0.05) is 0 Å². The third-order valence-electron chi connectivity index (χ3n) is 6.64. The Hall–Kier alpha value is -1.44. The van der Waals surface area contributed by atoms with Crippen LogP contribution in [0.4, 0.5) is 0 Å². The van der Waals surface area contributed by atoms with Gasteiger partial charge in [-0.3, -0.25) is 0 Å². The van der Waals surface area contributed by atoms with Gasteiger partial charge >= 0.3 is 201 Å². The first-order valence-corrected chi connectivity index (χ1v) is 14.8. The molecule has 0 aromatic heterocycles. The fourth-order valence-corrected chi connectivity index (χ4v) is 10.6. The molecule has 0 N–H and O–H groups in total. The zero-order valence-electron chi connectivity index (χ0n) is 20.5. The minimum Gasteiger partial charge on any atom is -1.00 e. The molecule has 2 aliphatic carbocycles. The van der Waals surface area contributed by atoms with E-state index in [1.807, 2.05) is 0 Å². The van der Waals surface area contributed by atoms with Crippen molar-refractivity contribution in [3.63, 3.8) is 0 Å². The summed E-state index contributed by atoms with van der Waals surface area (Å²) in [5, 5.41) is 0. The molecular weight excluding hydrogens is 491 g/mol.